The van der Waals surface area contributed by atoms with Crippen molar-refractivity contribution in [1.82, 2.24) is 0 Å². The van der Waals surface area contributed by atoms with Crippen LogP contribution in [0.5, 0.6) is 5.75 Å². The lowest BCUT2D eigenvalue weighted by atomic mass is 10.1. The van der Waals surface area contributed by atoms with Gasteiger partial charge in [0, 0.05) is 10.0 Å². The number of hydrogen-bond donors (Lipinski definition) is 0. The van der Waals surface area contributed by atoms with Crippen LogP contribution in [0.4, 0.5) is 0 Å². The minimum absolute atomic E-state index is 0.212. The fourth-order valence-electron chi connectivity index (χ4n) is 1.86. The van der Waals surface area contributed by atoms with Gasteiger partial charge in [0.25, 0.3) is 0 Å². The molecule has 1 atom stereocenters. The molecular weight excluding hydrogens is 292 g/mol. The maximum Gasteiger partial charge on any atom is 0.126 e. The lowest BCUT2D eigenvalue weighted by molar-refractivity contribution is 0.298. The molecule has 3 heteroatoms. The molecule has 0 amide bonds. The highest BCUT2D eigenvalue weighted by molar-refractivity contribution is 9.10. The molecule has 1 heterocycles. The molecule has 3 rings (SSSR count). The van der Waals surface area contributed by atoms with Gasteiger partial charge in [-0.25, -0.2) is 0 Å². The summed E-state index contributed by atoms with van der Waals surface area (Å²) >= 11 is 3.47. The van der Waals surface area contributed by atoms with E-state index in [0.717, 1.165) is 22.4 Å². The summed E-state index contributed by atoms with van der Waals surface area (Å²) in [7, 11) is 0. The minimum atomic E-state index is 0.212. The van der Waals surface area contributed by atoms with Crippen LogP contribution >= 0.6 is 15.9 Å². The Morgan fingerprint density at radius 1 is 1.17 bits per heavy atom. The van der Waals surface area contributed by atoms with E-state index in [0.29, 0.717) is 6.61 Å². The third-order valence-corrected chi connectivity index (χ3v) is 3.39. The Bertz CT molecular complexity index is 535. The second-order valence-corrected chi connectivity index (χ2v) is 5.19. The molecule has 1 fully saturated rings. The normalized spacial score (nSPS) is 17.5. The fourth-order valence-corrected chi connectivity index (χ4v) is 2.20. The summed E-state index contributed by atoms with van der Waals surface area (Å²) in [6.45, 7) is 1.38. The largest absolute Gasteiger partial charge is 0.488 e. The molecule has 18 heavy (non-hydrogen) atoms. The Hall–Kier alpha value is -1.32. The molecule has 1 aliphatic heterocycles. The summed E-state index contributed by atoms with van der Waals surface area (Å²) in [4.78, 5) is 0. The molecule has 1 aliphatic rings. The number of ether oxygens (including phenoxy) is 2. The number of benzene rings is 2. The van der Waals surface area contributed by atoms with Crippen LogP contribution in [-0.2, 0) is 11.3 Å². The van der Waals surface area contributed by atoms with Crippen LogP contribution in [0.2, 0.25) is 0 Å². The lowest BCUT2D eigenvalue weighted by Gasteiger charge is -2.10. The molecule has 0 saturated carbocycles. The summed E-state index contributed by atoms with van der Waals surface area (Å²) in [5.74, 6) is 0.899. The molecule has 0 N–H and O–H groups in total. The molecule has 0 aliphatic carbocycles. The van der Waals surface area contributed by atoms with Crippen molar-refractivity contribution in [1.29, 1.82) is 0 Å². The van der Waals surface area contributed by atoms with Crippen molar-refractivity contribution in [2.75, 3.05) is 6.61 Å². The Kier molecular flexibility index (Phi) is 3.35. The van der Waals surface area contributed by atoms with Gasteiger partial charge in [0.2, 0.25) is 0 Å². The molecule has 2 aromatic rings. The van der Waals surface area contributed by atoms with Crippen molar-refractivity contribution in [3.8, 4) is 5.75 Å². The van der Waals surface area contributed by atoms with E-state index < -0.39 is 0 Å². The van der Waals surface area contributed by atoms with Gasteiger partial charge in [-0.3, -0.25) is 0 Å². The minimum Gasteiger partial charge on any atom is -0.488 e. The van der Waals surface area contributed by atoms with Gasteiger partial charge in [-0.05, 0) is 17.7 Å². The van der Waals surface area contributed by atoms with E-state index in [1.807, 2.05) is 30.3 Å². The van der Waals surface area contributed by atoms with Crippen molar-refractivity contribution in [2.45, 2.75) is 12.7 Å². The molecule has 1 saturated heterocycles. The maximum absolute atomic E-state index is 5.90. The van der Waals surface area contributed by atoms with Gasteiger partial charge in [0.1, 0.15) is 18.5 Å². The predicted molar refractivity (Wildman–Crippen MR) is 73.6 cm³/mol. The van der Waals surface area contributed by atoms with Gasteiger partial charge in [-0.2, -0.15) is 0 Å². The van der Waals surface area contributed by atoms with Gasteiger partial charge in [-0.1, -0.05) is 52.3 Å². The number of hydrogen-bond acceptors (Lipinski definition) is 2. The number of halogens is 1. The van der Waals surface area contributed by atoms with Crippen LogP contribution in [0.3, 0.4) is 0 Å². The van der Waals surface area contributed by atoms with Crippen molar-refractivity contribution in [3.63, 3.8) is 0 Å². The van der Waals surface area contributed by atoms with E-state index in [-0.39, 0.29) is 6.10 Å². The second kappa shape index (κ2) is 5.12. The van der Waals surface area contributed by atoms with Gasteiger partial charge in [-0.15, -0.1) is 0 Å². The summed E-state index contributed by atoms with van der Waals surface area (Å²) < 4.78 is 12.3. The van der Waals surface area contributed by atoms with Crippen LogP contribution in [0.1, 0.15) is 17.2 Å². The molecule has 2 nitrogen and oxygen atoms in total. The second-order valence-electron chi connectivity index (χ2n) is 4.28. The highest BCUT2D eigenvalue weighted by atomic mass is 79.9. The molecule has 2 aromatic carbocycles. The molecule has 92 valence electrons. The van der Waals surface area contributed by atoms with Crippen molar-refractivity contribution in [2.24, 2.45) is 0 Å². The van der Waals surface area contributed by atoms with Gasteiger partial charge in [0.05, 0.1) is 6.61 Å². The monoisotopic (exact) mass is 304 g/mol. The molecule has 0 radical (unpaired) electrons. The lowest BCUT2D eigenvalue weighted by Crippen LogP contribution is -1.98. The quantitative estimate of drug-likeness (QED) is 0.793. The molecular formula is C15H13BrO2. The first-order chi connectivity index (χ1) is 8.83. The van der Waals surface area contributed by atoms with Gasteiger partial charge in [0.15, 0.2) is 0 Å². The highest BCUT2D eigenvalue weighted by Crippen LogP contribution is 2.37. The zero-order valence-electron chi connectivity index (χ0n) is 9.80. The first kappa shape index (κ1) is 11.8. The van der Waals surface area contributed by atoms with E-state index in [4.69, 9.17) is 9.47 Å². The van der Waals surface area contributed by atoms with Crippen molar-refractivity contribution < 1.29 is 9.47 Å². The molecule has 0 spiro atoms. The van der Waals surface area contributed by atoms with Crippen LogP contribution in [0.15, 0.2) is 53.0 Å². The first-order valence-electron chi connectivity index (χ1n) is 5.91. The van der Waals surface area contributed by atoms with E-state index in [9.17, 15) is 0 Å². The Morgan fingerprint density at radius 3 is 2.67 bits per heavy atom. The van der Waals surface area contributed by atoms with Gasteiger partial charge >= 0.3 is 0 Å². The maximum atomic E-state index is 5.90. The van der Waals surface area contributed by atoms with Gasteiger partial charge < -0.3 is 9.47 Å². The van der Waals surface area contributed by atoms with Crippen molar-refractivity contribution >= 4 is 15.9 Å². The summed E-state index contributed by atoms with van der Waals surface area (Å²) in [6.07, 6.45) is 0.212. The molecule has 1 unspecified atom stereocenters. The average molecular weight is 305 g/mol. The third kappa shape index (κ3) is 2.74. The van der Waals surface area contributed by atoms with E-state index in [2.05, 4.69) is 34.1 Å². The predicted octanol–water partition coefficient (Wildman–Crippen LogP) is 4.10. The smallest absolute Gasteiger partial charge is 0.126 e. The number of rotatable bonds is 4. The fraction of sp³-hybridized carbons (Fsp3) is 0.200. The number of epoxide rings is 1. The summed E-state index contributed by atoms with van der Waals surface area (Å²) in [6, 6.07) is 16.2. The van der Waals surface area contributed by atoms with E-state index in [1.165, 1.54) is 5.56 Å². The Balaban J connectivity index is 1.77. The third-order valence-electron chi connectivity index (χ3n) is 2.89. The summed E-state index contributed by atoms with van der Waals surface area (Å²) in [5, 5.41) is 0. The standard InChI is InChI=1S/C15H13BrO2/c16-12-6-7-13(15-10-18-15)14(8-12)17-9-11-4-2-1-3-5-11/h1-8,15H,9-10H2. The van der Waals surface area contributed by atoms with Crippen molar-refractivity contribution in [3.05, 3.63) is 64.1 Å². The molecule has 0 bridgehead atoms. The SMILES string of the molecule is Brc1ccc(C2CO2)c(OCc2ccccc2)c1. The Morgan fingerprint density at radius 2 is 1.94 bits per heavy atom. The summed E-state index contributed by atoms with van der Waals surface area (Å²) in [5.41, 5.74) is 2.30. The molecule has 0 aromatic heterocycles. The van der Waals surface area contributed by atoms with E-state index >= 15 is 0 Å². The van der Waals surface area contributed by atoms with Crippen LogP contribution in [0.25, 0.3) is 0 Å². The Labute approximate surface area is 115 Å². The zero-order chi connectivity index (χ0) is 12.4. The van der Waals surface area contributed by atoms with Crippen LogP contribution < -0.4 is 4.74 Å². The van der Waals surface area contributed by atoms with E-state index in [1.54, 1.807) is 0 Å². The average Bonchev–Trinajstić information content (AvgIpc) is 3.22. The zero-order valence-corrected chi connectivity index (χ0v) is 11.4. The van der Waals surface area contributed by atoms with Crippen LogP contribution in [-0.4, -0.2) is 6.61 Å². The first-order valence-corrected chi connectivity index (χ1v) is 6.70. The van der Waals surface area contributed by atoms with Crippen LogP contribution in [0, 0.1) is 0 Å². The highest BCUT2D eigenvalue weighted by Gasteiger charge is 2.28. The topological polar surface area (TPSA) is 21.8 Å².